The van der Waals surface area contributed by atoms with Gasteiger partial charge in [-0.3, -0.25) is 0 Å². The summed E-state index contributed by atoms with van der Waals surface area (Å²) in [5, 5.41) is 0. The first-order valence-corrected chi connectivity index (χ1v) is 6.79. The van der Waals surface area contributed by atoms with Crippen molar-refractivity contribution in [1.29, 1.82) is 0 Å². The number of nitrogen functional groups attached to an aromatic ring is 1. The molecule has 0 amide bonds. The van der Waals surface area contributed by atoms with Crippen molar-refractivity contribution < 1.29 is 8.42 Å². The molecule has 1 aromatic rings. The summed E-state index contributed by atoms with van der Waals surface area (Å²) in [6.07, 6.45) is 0. The van der Waals surface area contributed by atoms with Gasteiger partial charge in [0.15, 0.2) is 0 Å². The summed E-state index contributed by atoms with van der Waals surface area (Å²) in [5.41, 5.74) is 7.35. The Morgan fingerprint density at radius 3 is 2.29 bits per heavy atom. The van der Waals surface area contributed by atoms with Gasteiger partial charge in [0.2, 0.25) is 0 Å². The molecule has 0 spiro atoms. The smallest absolute Gasteiger partial charge is 0.278 e. The molecule has 0 bridgehead atoms. The van der Waals surface area contributed by atoms with Gasteiger partial charge in [0.25, 0.3) is 10.2 Å². The largest absolute Gasteiger partial charge is 0.399 e. The molecule has 0 aliphatic rings. The van der Waals surface area contributed by atoms with Crippen LogP contribution in [0.4, 0.5) is 5.69 Å². The van der Waals surface area contributed by atoms with Crippen LogP contribution in [0.1, 0.15) is 18.4 Å². The highest BCUT2D eigenvalue weighted by molar-refractivity contribution is 7.87. The summed E-state index contributed by atoms with van der Waals surface area (Å²) in [5.74, 6) is 0.102. The summed E-state index contributed by atoms with van der Waals surface area (Å²) < 4.78 is 26.7. The Morgan fingerprint density at radius 2 is 1.82 bits per heavy atom. The summed E-state index contributed by atoms with van der Waals surface area (Å²) in [7, 11) is -0.358. The van der Waals surface area contributed by atoms with Crippen LogP contribution in [0, 0.1) is 0 Å². The van der Waals surface area contributed by atoms with Crippen LogP contribution in [0.25, 0.3) is 0 Å². The third-order valence-corrected chi connectivity index (χ3v) is 4.05. The van der Waals surface area contributed by atoms with Gasteiger partial charge in [-0.2, -0.15) is 12.7 Å². The van der Waals surface area contributed by atoms with Gasteiger partial charge in [-0.1, -0.05) is 19.1 Å². The van der Waals surface area contributed by atoms with Crippen LogP contribution >= 0.6 is 0 Å². The second-order valence-corrected chi connectivity index (χ2v) is 6.17. The van der Waals surface area contributed by atoms with Crippen molar-refractivity contribution in [2.24, 2.45) is 0 Å². The first kappa shape index (κ1) is 14.0. The monoisotopic (exact) mass is 257 g/mol. The Labute approximate surface area is 103 Å². The SMILES string of the molecule is CC(CNS(=O)(=O)N(C)C)c1ccc(N)cc1. The summed E-state index contributed by atoms with van der Waals surface area (Å²) in [6, 6.07) is 7.44. The van der Waals surface area contributed by atoms with E-state index < -0.39 is 10.2 Å². The number of rotatable bonds is 5. The van der Waals surface area contributed by atoms with E-state index in [0.717, 1.165) is 9.87 Å². The molecule has 17 heavy (non-hydrogen) atoms. The minimum atomic E-state index is -3.35. The van der Waals surface area contributed by atoms with Gasteiger partial charge in [0.1, 0.15) is 0 Å². The van der Waals surface area contributed by atoms with E-state index in [-0.39, 0.29) is 5.92 Å². The van der Waals surface area contributed by atoms with E-state index in [1.54, 1.807) is 0 Å². The Morgan fingerprint density at radius 1 is 1.29 bits per heavy atom. The standard InChI is InChI=1S/C11H19N3O2S/c1-9(8-13-17(15,16)14(2)3)10-4-6-11(12)7-5-10/h4-7,9,13H,8,12H2,1-3H3. The maximum atomic E-state index is 11.5. The van der Waals surface area contributed by atoms with Crippen LogP contribution in [0.15, 0.2) is 24.3 Å². The van der Waals surface area contributed by atoms with E-state index in [2.05, 4.69) is 4.72 Å². The van der Waals surface area contributed by atoms with E-state index in [9.17, 15) is 8.42 Å². The van der Waals surface area contributed by atoms with Crippen molar-refractivity contribution in [1.82, 2.24) is 9.03 Å². The Bertz CT molecular complexity index is 454. The summed E-state index contributed by atoms with van der Waals surface area (Å²) in [6.45, 7) is 2.33. The number of nitrogens with two attached hydrogens (primary N) is 1. The maximum Gasteiger partial charge on any atom is 0.278 e. The van der Waals surface area contributed by atoms with Gasteiger partial charge >= 0.3 is 0 Å². The molecule has 0 aromatic heterocycles. The average molecular weight is 257 g/mol. The lowest BCUT2D eigenvalue weighted by Crippen LogP contribution is -2.37. The van der Waals surface area contributed by atoms with Crippen LogP contribution in [-0.4, -0.2) is 33.4 Å². The lowest BCUT2D eigenvalue weighted by atomic mass is 10.0. The quantitative estimate of drug-likeness (QED) is 0.765. The zero-order valence-corrected chi connectivity index (χ0v) is 11.2. The molecular formula is C11H19N3O2S. The number of hydrogen-bond acceptors (Lipinski definition) is 3. The predicted octanol–water partition coefficient (Wildman–Crippen LogP) is 0.768. The van der Waals surface area contributed by atoms with Crippen molar-refractivity contribution in [3.63, 3.8) is 0 Å². The molecule has 1 atom stereocenters. The highest BCUT2D eigenvalue weighted by Crippen LogP contribution is 2.16. The maximum absolute atomic E-state index is 11.5. The molecule has 5 nitrogen and oxygen atoms in total. The van der Waals surface area contributed by atoms with E-state index in [1.807, 2.05) is 31.2 Å². The van der Waals surface area contributed by atoms with Gasteiger partial charge in [-0.25, -0.2) is 4.72 Å². The first-order chi connectivity index (χ1) is 7.83. The number of nitrogens with zero attached hydrogens (tertiary/aromatic N) is 1. The second-order valence-electron chi connectivity index (χ2n) is 4.20. The van der Waals surface area contributed by atoms with E-state index in [0.29, 0.717) is 12.2 Å². The summed E-state index contributed by atoms with van der Waals surface area (Å²) in [4.78, 5) is 0. The van der Waals surface area contributed by atoms with Gasteiger partial charge < -0.3 is 5.73 Å². The van der Waals surface area contributed by atoms with Gasteiger partial charge in [-0.05, 0) is 23.6 Å². The highest BCUT2D eigenvalue weighted by atomic mass is 32.2. The molecule has 0 aliphatic carbocycles. The minimum absolute atomic E-state index is 0.102. The van der Waals surface area contributed by atoms with Crippen LogP contribution in [0.2, 0.25) is 0 Å². The van der Waals surface area contributed by atoms with Crippen LogP contribution < -0.4 is 10.5 Å². The molecule has 0 saturated heterocycles. The molecule has 1 unspecified atom stereocenters. The molecule has 0 aliphatic heterocycles. The third-order valence-electron chi connectivity index (χ3n) is 2.56. The molecule has 0 radical (unpaired) electrons. The molecular weight excluding hydrogens is 238 g/mol. The van der Waals surface area contributed by atoms with Gasteiger partial charge in [-0.15, -0.1) is 0 Å². The number of anilines is 1. The zero-order valence-electron chi connectivity index (χ0n) is 10.3. The molecule has 1 aromatic carbocycles. The van der Waals surface area contributed by atoms with E-state index in [1.165, 1.54) is 14.1 Å². The summed E-state index contributed by atoms with van der Waals surface area (Å²) >= 11 is 0. The normalized spacial score (nSPS) is 13.9. The van der Waals surface area contributed by atoms with Crippen molar-refractivity contribution in [3.05, 3.63) is 29.8 Å². The van der Waals surface area contributed by atoms with E-state index >= 15 is 0 Å². The number of nitrogens with one attached hydrogen (secondary N) is 1. The van der Waals surface area contributed by atoms with Gasteiger partial charge in [0.05, 0.1) is 0 Å². The third kappa shape index (κ3) is 3.99. The van der Waals surface area contributed by atoms with Crippen LogP contribution in [0.5, 0.6) is 0 Å². The number of hydrogen-bond donors (Lipinski definition) is 2. The van der Waals surface area contributed by atoms with Crippen molar-refractivity contribution in [3.8, 4) is 0 Å². The van der Waals surface area contributed by atoms with Gasteiger partial charge in [0, 0.05) is 26.3 Å². The predicted molar refractivity (Wildman–Crippen MR) is 69.9 cm³/mol. The Balaban J connectivity index is 2.62. The fourth-order valence-corrected chi connectivity index (χ4v) is 2.02. The fourth-order valence-electron chi connectivity index (χ4n) is 1.30. The van der Waals surface area contributed by atoms with Crippen molar-refractivity contribution >= 4 is 15.9 Å². The molecule has 3 N–H and O–H groups in total. The molecule has 1 rings (SSSR count). The fraction of sp³-hybridized carbons (Fsp3) is 0.455. The second kappa shape index (κ2) is 5.48. The Hall–Kier alpha value is -1.11. The number of benzene rings is 1. The van der Waals surface area contributed by atoms with E-state index in [4.69, 9.17) is 5.73 Å². The molecule has 6 heteroatoms. The Kier molecular flexibility index (Phi) is 4.50. The van der Waals surface area contributed by atoms with Crippen LogP contribution in [-0.2, 0) is 10.2 Å². The van der Waals surface area contributed by atoms with Crippen molar-refractivity contribution in [2.75, 3.05) is 26.4 Å². The zero-order chi connectivity index (χ0) is 13.1. The first-order valence-electron chi connectivity index (χ1n) is 5.35. The lowest BCUT2D eigenvalue weighted by molar-refractivity contribution is 0.501. The lowest BCUT2D eigenvalue weighted by Gasteiger charge is -2.16. The molecule has 0 heterocycles. The minimum Gasteiger partial charge on any atom is -0.399 e. The highest BCUT2D eigenvalue weighted by Gasteiger charge is 2.14. The average Bonchev–Trinajstić information content (AvgIpc) is 2.27. The molecule has 0 fully saturated rings. The van der Waals surface area contributed by atoms with Crippen molar-refractivity contribution in [2.45, 2.75) is 12.8 Å². The molecule has 96 valence electrons. The molecule has 0 saturated carbocycles. The topological polar surface area (TPSA) is 75.4 Å². The van der Waals surface area contributed by atoms with Crippen LogP contribution in [0.3, 0.4) is 0 Å².